The summed E-state index contributed by atoms with van der Waals surface area (Å²) in [5.74, 6) is 0. The van der Waals surface area contributed by atoms with Gasteiger partial charge in [0.25, 0.3) is 0 Å². The summed E-state index contributed by atoms with van der Waals surface area (Å²) in [7, 11) is 0. The maximum absolute atomic E-state index is 4.04. The zero-order chi connectivity index (χ0) is 10.1. The summed E-state index contributed by atoms with van der Waals surface area (Å²) >= 11 is 0. The second-order valence-electron chi connectivity index (χ2n) is 3.72. The highest BCUT2D eigenvalue weighted by Crippen LogP contribution is 2.24. The van der Waals surface area contributed by atoms with Gasteiger partial charge in [-0.05, 0) is 43.5 Å². The quantitative estimate of drug-likeness (QED) is 0.728. The highest BCUT2D eigenvalue weighted by atomic mass is 14.9. The number of hydrogen-bond donors (Lipinski definition) is 1. The zero-order valence-corrected chi connectivity index (χ0v) is 8.76. The lowest BCUT2D eigenvalue weighted by Crippen LogP contribution is -1.88. The molecule has 0 fully saturated rings. The van der Waals surface area contributed by atoms with E-state index < -0.39 is 0 Å². The Balaban J connectivity index is 2.60. The molecule has 2 rings (SSSR count). The van der Waals surface area contributed by atoms with Gasteiger partial charge in [0.1, 0.15) is 0 Å². The van der Waals surface area contributed by atoms with Gasteiger partial charge in [0.2, 0.25) is 0 Å². The van der Waals surface area contributed by atoms with Crippen LogP contribution in [0.1, 0.15) is 16.7 Å². The molecule has 0 bridgehead atoms. The van der Waals surface area contributed by atoms with Gasteiger partial charge in [0, 0.05) is 5.56 Å². The summed E-state index contributed by atoms with van der Waals surface area (Å²) in [6, 6.07) is 4.42. The highest BCUT2D eigenvalue weighted by Gasteiger charge is 2.04. The van der Waals surface area contributed by atoms with Crippen LogP contribution < -0.4 is 0 Å². The van der Waals surface area contributed by atoms with Crippen LogP contribution in [-0.4, -0.2) is 9.97 Å². The van der Waals surface area contributed by atoms with Crippen LogP contribution in [0.5, 0.6) is 0 Å². The first-order valence-electron chi connectivity index (χ1n) is 4.75. The van der Waals surface area contributed by atoms with Crippen molar-refractivity contribution in [2.75, 3.05) is 0 Å². The minimum absolute atomic E-state index is 1.09. The number of H-pyrrole nitrogens is 1. The Morgan fingerprint density at radius 1 is 1.00 bits per heavy atom. The van der Waals surface area contributed by atoms with Crippen molar-refractivity contribution >= 4 is 0 Å². The van der Waals surface area contributed by atoms with Crippen LogP contribution in [0.3, 0.4) is 0 Å². The molecular weight excluding hydrogens is 172 g/mol. The van der Waals surface area contributed by atoms with E-state index in [-0.39, 0.29) is 0 Å². The van der Waals surface area contributed by atoms with Crippen molar-refractivity contribution in [2.24, 2.45) is 0 Å². The Morgan fingerprint density at radius 2 is 1.71 bits per heavy atom. The molecule has 0 amide bonds. The van der Waals surface area contributed by atoms with Gasteiger partial charge < -0.3 is 4.98 Å². The lowest BCUT2D eigenvalue weighted by Gasteiger charge is -2.07. The van der Waals surface area contributed by atoms with E-state index in [1.54, 1.807) is 6.33 Å². The molecule has 14 heavy (non-hydrogen) atoms. The first-order valence-corrected chi connectivity index (χ1v) is 4.75. The molecule has 0 aliphatic rings. The lowest BCUT2D eigenvalue weighted by molar-refractivity contribution is 1.28. The van der Waals surface area contributed by atoms with Gasteiger partial charge in [-0.2, -0.15) is 0 Å². The van der Waals surface area contributed by atoms with Crippen LogP contribution in [0.15, 0.2) is 24.7 Å². The van der Waals surface area contributed by atoms with Crippen LogP contribution in [0.4, 0.5) is 0 Å². The molecule has 2 heteroatoms. The van der Waals surface area contributed by atoms with Crippen LogP contribution in [0.2, 0.25) is 0 Å². The number of nitrogens with one attached hydrogen (secondary N) is 1. The average molecular weight is 186 g/mol. The number of aromatic amines is 1. The second-order valence-corrected chi connectivity index (χ2v) is 3.72. The van der Waals surface area contributed by atoms with E-state index in [9.17, 15) is 0 Å². The lowest BCUT2D eigenvalue weighted by atomic mass is 9.99. The van der Waals surface area contributed by atoms with Gasteiger partial charge >= 0.3 is 0 Å². The Kier molecular flexibility index (Phi) is 2.12. The van der Waals surface area contributed by atoms with Crippen LogP contribution >= 0.6 is 0 Å². The Labute approximate surface area is 84.0 Å². The van der Waals surface area contributed by atoms with Gasteiger partial charge in [-0.3, -0.25) is 0 Å². The average Bonchev–Trinajstić information content (AvgIpc) is 2.64. The molecule has 1 aromatic carbocycles. The van der Waals surface area contributed by atoms with Crippen molar-refractivity contribution in [1.29, 1.82) is 0 Å². The molecule has 0 unspecified atom stereocenters. The van der Waals surface area contributed by atoms with Crippen molar-refractivity contribution in [3.8, 4) is 11.3 Å². The minimum Gasteiger partial charge on any atom is -0.345 e. The molecule has 0 spiro atoms. The molecule has 2 aromatic rings. The van der Waals surface area contributed by atoms with E-state index in [1.807, 2.05) is 6.20 Å². The van der Waals surface area contributed by atoms with Crippen LogP contribution in [0, 0.1) is 20.8 Å². The van der Waals surface area contributed by atoms with Gasteiger partial charge in [0.05, 0.1) is 18.2 Å². The molecular formula is C12H14N2. The molecule has 0 saturated carbocycles. The maximum atomic E-state index is 4.04. The molecule has 1 heterocycles. The van der Waals surface area contributed by atoms with Crippen molar-refractivity contribution in [1.82, 2.24) is 9.97 Å². The predicted octanol–water partition coefficient (Wildman–Crippen LogP) is 3.00. The van der Waals surface area contributed by atoms with E-state index in [0.29, 0.717) is 0 Å². The van der Waals surface area contributed by atoms with Gasteiger partial charge in [0.15, 0.2) is 0 Å². The van der Waals surface area contributed by atoms with Crippen LogP contribution in [-0.2, 0) is 0 Å². The second kappa shape index (κ2) is 3.29. The third kappa shape index (κ3) is 1.43. The largest absolute Gasteiger partial charge is 0.345 e. The third-order valence-electron chi connectivity index (χ3n) is 2.63. The molecule has 0 aliphatic heterocycles. The smallest absolute Gasteiger partial charge is 0.0924 e. The van der Waals surface area contributed by atoms with Gasteiger partial charge in [-0.1, -0.05) is 6.07 Å². The summed E-state index contributed by atoms with van der Waals surface area (Å²) in [5, 5.41) is 0. The van der Waals surface area contributed by atoms with Crippen molar-refractivity contribution in [2.45, 2.75) is 20.8 Å². The SMILES string of the molecule is Cc1cc(C)c(-c2cnc[nH]2)cc1C. The summed E-state index contributed by atoms with van der Waals surface area (Å²) in [6.45, 7) is 6.40. The molecule has 1 aromatic heterocycles. The van der Waals surface area contributed by atoms with Crippen molar-refractivity contribution in [3.05, 3.63) is 41.3 Å². The highest BCUT2D eigenvalue weighted by molar-refractivity contribution is 5.64. The standard InChI is InChI=1S/C12H14N2/c1-8-4-10(3)11(5-9(8)2)12-6-13-7-14-12/h4-7H,1-3H3,(H,13,14). The fraction of sp³-hybridized carbons (Fsp3) is 0.250. The monoisotopic (exact) mass is 186 g/mol. The number of aryl methyl sites for hydroxylation is 3. The number of hydrogen-bond acceptors (Lipinski definition) is 1. The van der Waals surface area contributed by atoms with E-state index in [1.165, 1.54) is 22.3 Å². The zero-order valence-electron chi connectivity index (χ0n) is 8.76. The van der Waals surface area contributed by atoms with Crippen molar-refractivity contribution < 1.29 is 0 Å². The number of rotatable bonds is 1. The molecule has 0 radical (unpaired) electrons. The number of imidazole rings is 1. The predicted molar refractivity (Wildman–Crippen MR) is 58.2 cm³/mol. The van der Waals surface area contributed by atoms with E-state index in [2.05, 4.69) is 42.9 Å². The number of aromatic nitrogens is 2. The topological polar surface area (TPSA) is 28.7 Å². The normalized spacial score (nSPS) is 10.5. The van der Waals surface area contributed by atoms with E-state index >= 15 is 0 Å². The molecule has 1 N–H and O–H groups in total. The van der Waals surface area contributed by atoms with E-state index in [0.717, 1.165) is 5.69 Å². The van der Waals surface area contributed by atoms with E-state index in [4.69, 9.17) is 0 Å². The number of nitrogens with zero attached hydrogens (tertiary/aromatic N) is 1. The Hall–Kier alpha value is -1.57. The van der Waals surface area contributed by atoms with Crippen molar-refractivity contribution in [3.63, 3.8) is 0 Å². The first kappa shape index (κ1) is 9.00. The Bertz CT molecular complexity index is 442. The fourth-order valence-corrected chi connectivity index (χ4v) is 1.65. The summed E-state index contributed by atoms with van der Waals surface area (Å²) < 4.78 is 0. The van der Waals surface area contributed by atoms with Crippen LogP contribution in [0.25, 0.3) is 11.3 Å². The van der Waals surface area contributed by atoms with Gasteiger partial charge in [-0.15, -0.1) is 0 Å². The van der Waals surface area contributed by atoms with Gasteiger partial charge in [-0.25, -0.2) is 4.98 Å². The fourth-order valence-electron chi connectivity index (χ4n) is 1.65. The maximum Gasteiger partial charge on any atom is 0.0924 e. The molecule has 2 nitrogen and oxygen atoms in total. The molecule has 72 valence electrons. The minimum atomic E-state index is 1.09. The molecule has 0 saturated heterocycles. The molecule has 0 aliphatic carbocycles. The summed E-state index contributed by atoms with van der Waals surface area (Å²) in [5.41, 5.74) is 6.28. The number of benzene rings is 1. The summed E-state index contributed by atoms with van der Waals surface area (Å²) in [4.78, 5) is 7.17. The Morgan fingerprint density at radius 3 is 2.36 bits per heavy atom. The third-order valence-corrected chi connectivity index (χ3v) is 2.63. The molecule has 0 atom stereocenters. The first-order chi connectivity index (χ1) is 6.68. The summed E-state index contributed by atoms with van der Waals surface area (Å²) in [6.07, 6.45) is 3.57.